The van der Waals surface area contributed by atoms with Gasteiger partial charge in [-0.3, -0.25) is 14.9 Å². The quantitative estimate of drug-likeness (QED) is 0.686. The number of amides is 3. The van der Waals surface area contributed by atoms with Gasteiger partial charge in [0, 0.05) is 0 Å². The molecule has 0 unspecified atom stereocenters. The Hall–Kier alpha value is -2.42. The maximum atomic E-state index is 12.2. The van der Waals surface area contributed by atoms with Gasteiger partial charge in [-0.05, 0) is 25.0 Å². The number of carbonyl (C=O) groups excluding carboxylic acids is 3. The molecule has 0 saturated carbocycles. The van der Waals surface area contributed by atoms with Crippen molar-refractivity contribution in [1.82, 2.24) is 5.32 Å². The third-order valence-electron chi connectivity index (χ3n) is 3.32. The third kappa shape index (κ3) is 6.54. The lowest BCUT2D eigenvalue weighted by Gasteiger charge is -2.19. The number of imide groups is 1. The average molecular weight is 370 g/mol. The second-order valence-electron chi connectivity index (χ2n) is 5.89. The summed E-state index contributed by atoms with van der Waals surface area (Å²) in [4.78, 5) is 34.5. The number of urea groups is 1. The molecule has 0 aliphatic carbocycles. The molecule has 3 N–H and O–H groups in total. The Morgan fingerprint density at radius 2 is 1.72 bits per heavy atom. The van der Waals surface area contributed by atoms with Gasteiger partial charge in [0.05, 0.1) is 17.1 Å². The van der Waals surface area contributed by atoms with E-state index in [0.29, 0.717) is 0 Å². The van der Waals surface area contributed by atoms with Crippen molar-refractivity contribution in [2.45, 2.75) is 38.2 Å². The molecule has 138 valence electrons. The van der Waals surface area contributed by atoms with Crippen LogP contribution < -0.4 is 11.1 Å². The largest absolute Gasteiger partial charge is 0.452 e. The van der Waals surface area contributed by atoms with Crippen molar-refractivity contribution in [3.63, 3.8) is 0 Å². The Balaban J connectivity index is 2.69. The standard InChI is InChI=1S/C16H22N2O6S/c1-10(2)14(15(20)18-16(17)21)24-13(19)8-9-25(22,23)12-6-4-11(3)5-7-12/h4-7,10,14H,8-9H2,1-3H3,(H3,17,18,20,21)/t14-/m1/s1. The van der Waals surface area contributed by atoms with Crippen LogP contribution in [0, 0.1) is 12.8 Å². The van der Waals surface area contributed by atoms with E-state index in [1.807, 2.05) is 12.2 Å². The zero-order valence-corrected chi connectivity index (χ0v) is 15.1. The number of carbonyl (C=O) groups is 3. The number of primary amides is 1. The Morgan fingerprint density at radius 1 is 1.16 bits per heavy atom. The summed E-state index contributed by atoms with van der Waals surface area (Å²) in [5.74, 6) is -2.57. The number of aryl methyl sites for hydroxylation is 1. The highest BCUT2D eigenvalue weighted by molar-refractivity contribution is 7.91. The fraction of sp³-hybridized carbons (Fsp3) is 0.438. The van der Waals surface area contributed by atoms with Crippen LogP contribution in [-0.2, 0) is 24.2 Å². The topological polar surface area (TPSA) is 133 Å². The number of rotatable bonds is 7. The first kappa shape index (κ1) is 20.6. The van der Waals surface area contributed by atoms with Crippen LogP contribution in [0.25, 0.3) is 0 Å². The van der Waals surface area contributed by atoms with Crippen molar-refractivity contribution in [2.24, 2.45) is 11.7 Å². The molecule has 8 nitrogen and oxygen atoms in total. The first-order chi connectivity index (χ1) is 11.5. The monoisotopic (exact) mass is 370 g/mol. The molecule has 0 radical (unpaired) electrons. The fourth-order valence-corrected chi connectivity index (χ4v) is 3.19. The Labute approximate surface area is 146 Å². The van der Waals surface area contributed by atoms with Crippen molar-refractivity contribution < 1.29 is 27.5 Å². The van der Waals surface area contributed by atoms with Crippen molar-refractivity contribution in [3.05, 3.63) is 29.8 Å². The summed E-state index contributed by atoms with van der Waals surface area (Å²) < 4.78 is 29.4. The highest BCUT2D eigenvalue weighted by atomic mass is 32.2. The summed E-state index contributed by atoms with van der Waals surface area (Å²) in [6.45, 7) is 5.06. The van der Waals surface area contributed by atoms with E-state index < -0.39 is 51.9 Å². The van der Waals surface area contributed by atoms with Gasteiger partial charge < -0.3 is 10.5 Å². The molecule has 0 fully saturated rings. The molecular weight excluding hydrogens is 348 g/mol. The predicted octanol–water partition coefficient (Wildman–Crippen LogP) is 0.922. The van der Waals surface area contributed by atoms with Gasteiger partial charge in [0.1, 0.15) is 0 Å². The second-order valence-corrected chi connectivity index (χ2v) is 8.00. The summed E-state index contributed by atoms with van der Waals surface area (Å²) >= 11 is 0. The van der Waals surface area contributed by atoms with Gasteiger partial charge in [-0.15, -0.1) is 0 Å². The molecule has 1 aromatic carbocycles. The summed E-state index contributed by atoms with van der Waals surface area (Å²) in [5.41, 5.74) is 5.78. The molecule has 3 amide bonds. The number of nitrogens with one attached hydrogen (secondary N) is 1. The van der Waals surface area contributed by atoms with Crippen LogP contribution in [0.4, 0.5) is 4.79 Å². The molecule has 0 bridgehead atoms. The number of sulfone groups is 1. The first-order valence-electron chi connectivity index (χ1n) is 7.62. The lowest BCUT2D eigenvalue weighted by atomic mass is 10.1. The molecule has 9 heteroatoms. The zero-order chi connectivity index (χ0) is 19.2. The zero-order valence-electron chi connectivity index (χ0n) is 14.3. The highest BCUT2D eigenvalue weighted by Gasteiger charge is 2.28. The Morgan fingerprint density at radius 3 is 2.20 bits per heavy atom. The third-order valence-corrected chi connectivity index (χ3v) is 5.06. The van der Waals surface area contributed by atoms with Crippen molar-refractivity contribution in [3.8, 4) is 0 Å². The lowest BCUT2D eigenvalue weighted by molar-refractivity contribution is -0.157. The molecule has 0 saturated heterocycles. The van der Waals surface area contributed by atoms with Crippen LogP contribution in [-0.4, -0.2) is 38.2 Å². The molecule has 0 aliphatic heterocycles. The van der Waals surface area contributed by atoms with Gasteiger partial charge in [0.2, 0.25) is 0 Å². The van der Waals surface area contributed by atoms with Crippen LogP contribution in [0.15, 0.2) is 29.2 Å². The minimum Gasteiger partial charge on any atom is -0.452 e. The van der Waals surface area contributed by atoms with Crippen molar-refractivity contribution in [1.29, 1.82) is 0 Å². The van der Waals surface area contributed by atoms with Crippen molar-refractivity contribution >= 4 is 27.7 Å². The van der Waals surface area contributed by atoms with Crippen LogP contribution >= 0.6 is 0 Å². The summed E-state index contributed by atoms with van der Waals surface area (Å²) in [6, 6.07) is 5.19. The predicted molar refractivity (Wildman–Crippen MR) is 90.3 cm³/mol. The molecule has 0 spiro atoms. The minimum atomic E-state index is -3.64. The van der Waals surface area contributed by atoms with Crippen LogP contribution in [0.5, 0.6) is 0 Å². The van der Waals surface area contributed by atoms with Gasteiger partial charge in [-0.2, -0.15) is 0 Å². The molecule has 0 aliphatic rings. The van der Waals surface area contributed by atoms with Gasteiger partial charge >= 0.3 is 12.0 Å². The maximum Gasteiger partial charge on any atom is 0.318 e. The Kier molecular flexibility index (Phi) is 7.10. The number of hydrogen-bond donors (Lipinski definition) is 2. The molecule has 1 aromatic rings. The number of hydrogen-bond acceptors (Lipinski definition) is 6. The summed E-state index contributed by atoms with van der Waals surface area (Å²) in [7, 11) is -3.64. The number of nitrogens with two attached hydrogens (primary N) is 1. The molecule has 25 heavy (non-hydrogen) atoms. The smallest absolute Gasteiger partial charge is 0.318 e. The van der Waals surface area contributed by atoms with E-state index in [1.54, 1.807) is 26.0 Å². The van der Waals surface area contributed by atoms with Gasteiger partial charge in [-0.1, -0.05) is 31.5 Å². The maximum absolute atomic E-state index is 12.2. The number of benzene rings is 1. The first-order valence-corrected chi connectivity index (χ1v) is 9.27. The molecular formula is C16H22N2O6S. The molecule has 0 aromatic heterocycles. The van der Waals surface area contributed by atoms with E-state index in [-0.39, 0.29) is 4.90 Å². The summed E-state index contributed by atoms with van der Waals surface area (Å²) in [5, 5.41) is 1.84. The number of ether oxygens (including phenoxy) is 1. The van der Waals surface area contributed by atoms with E-state index in [2.05, 4.69) is 0 Å². The van der Waals surface area contributed by atoms with E-state index in [4.69, 9.17) is 10.5 Å². The van der Waals surface area contributed by atoms with Gasteiger partial charge in [0.25, 0.3) is 5.91 Å². The van der Waals surface area contributed by atoms with Crippen LogP contribution in [0.2, 0.25) is 0 Å². The van der Waals surface area contributed by atoms with Gasteiger partial charge in [-0.25, -0.2) is 13.2 Å². The van der Waals surface area contributed by atoms with Crippen molar-refractivity contribution in [2.75, 3.05) is 5.75 Å². The number of esters is 1. The molecule has 1 rings (SSSR count). The van der Waals surface area contributed by atoms with Crippen LogP contribution in [0.1, 0.15) is 25.8 Å². The minimum absolute atomic E-state index is 0.109. The van der Waals surface area contributed by atoms with E-state index in [9.17, 15) is 22.8 Å². The van der Waals surface area contributed by atoms with Crippen LogP contribution in [0.3, 0.4) is 0 Å². The lowest BCUT2D eigenvalue weighted by Crippen LogP contribution is -2.45. The highest BCUT2D eigenvalue weighted by Crippen LogP contribution is 2.14. The fourth-order valence-electron chi connectivity index (χ4n) is 1.97. The SMILES string of the molecule is Cc1ccc(S(=O)(=O)CCC(=O)O[C@@H](C(=O)NC(N)=O)C(C)C)cc1. The van der Waals surface area contributed by atoms with Gasteiger partial charge in [0.15, 0.2) is 15.9 Å². The molecule has 0 heterocycles. The normalized spacial score (nSPS) is 12.5. The van der Waals surface area contributed by atoms with E-state index >= 15 is 0 Å². The molecule has 1 atom stereocenters. The summed E-state index contributed by atoms with van der Waals surface area (Å²) in [6.07, 6.45) is -1.65. The van der Waals surface area contributed by atoms with E-state index in [1.165, 1.54) is 12.1 Å². The van der Waals surface area contributed by atoms with E-state index in [0.717, 1.165) is 5.56 Å². The Bertz CT molecular complexity index is 740. The average Bonchev–Trinajstić information content (AvgIpc) is 2.50. The second kappa shape index (κ2) is 8.61.